The predicted molar refractivity (Wildman–Crippen MR) is 155 cm³/mol. The molecule has 0 aliphatic carbocycles. The van der Waals surface area contributed by atoms with Gasteiger partial charge < -0.3 is 34.3 Å². The number of esters is 1. The number of nitrogen functional groups attached to an aromatic ring is 1. The minimum absolute atomic E-state index is 0.0307. The molecule has 0 bridgehead atoms. The number of aromatic nitrogens is 4. The number of nitrogens with zero attached hydrogens (tertiary/aromatic N) is 5. The summed E-state index contributed by atoms with van der Waals surface area (Å²) in [6.45, 7) is 2.43. The highest BCUT2D eigenvalue weighted by molar-refractivity contribution is 8.09. The number of hydrogen-bond acceptors (Lipinski definition) is 12. The molecule has 16 heteroatoms. The van der Waals surface area contributed by atoms with Crippen molar-refractivity contribution in [3.05, 3.63) is 36.7 Å². The number of imidazole rings is 1. The lowest BCUT2D eigenvalue weighted by Crippen LogP contribution is -2.41. The number of carbonyl (C=O) groups is 1. The van der Waals surface area contributed by atoms with E-state index in [9.17, 15) is 9.90 Å². The monoisotopic (exact) mass is 611 g/mol. The summed E-state index contributed by atoms with van der Waals surface area (Å²) in [5.41, 5.74) is 4.24. The molecule has 6 atom stereocenters. The van der Waals surface area contributed by atoms with E-state index in [1.807, 2.05) is 0 Å². The summed E-state index contributed by atoms with van der Waals surface area (Å²) in [4.78, 5) is 27.0. The second-order valence-electron chi connectivity index (χ2n) is 10.3. The van der Waals surface area contributed by atoms with E-state index in [0.29, 0.717) is 17.1 Å². The number of para-hydroxylation sites is 1. The Morgan fingerprint density at radius 1 is 1.32 bits per heavy atom. The summed E-state index contributed by atoms with van der Waals surface area (Å²) in [6, 6.07) is 7.78. The zero-order valence-corrected chi connectivity index (χ0v) is 25.3. The molecule has 41 heavy (non-hydrogen) atoms. The fraction of sp³-hybridized carbons (Fsp3) is 0.520. The van der Waals surface area contributed by atoms with E-state index in [4.69, 9.17) is 36.1 Å². The van der Waals surface area contributed by atoms with Crippen molar-refractivity contribution < 1.29 is 32.8 Å². The highest BCUT2D eigenvalue weighted by atomic mass is 32.5. The zero-order valence-electron chi connectivity index (χ0n) is 23.6. The first-order chi connectivity index (χ1) is 19.2. The molecule has 0 saturated carbocycles. The summed E-state index contributed by atoms with van der Waals surface area (Å²) in [6.07, 6.45) is -3.10. The van der Waals surface area contributed by atoms with Gasteiger partial charge in [0.25, 0.3) is 0 Å². The van der Waals surface area contributed by atoms with E-state index in [1.54, 1.807) is 70.1 Å². The van der Waals surface area contributed by atoms with Crippen LogP contribution in [0, 0.1) is 0 Å². The van der Waals surface area contributed by atoms with Gasteiger partial charge in [-0.2, -0.15) is 9.97 Å². The van der Waals surface area contributed by atoms with Crippen LogP contribution in [0.2, 0.25) is 0 Å². The van der Waals surface area contributed by atoms with Gasteiger partial charge in [-0.1, -0.05) is 18.2 Å². The normalized spacial score (nSPS) is 24.8. The van der Waals surface area contributed by atoms with Gasteiger partial charge in [-0.15, -0.1) is 0 Å². The van der Waals surface area contributed by atoms with Crippen LogP contribution in [0.15, 0.2) is 36.7 Å². The maximum Gasteiger partial charge on any atom is 0.323 e. The molecule has 13 nitrogen and oxygen atoms in total. The summed E-state index contributed by atoms with van der Waals surface area (Å²) < 4.78 is 40.7. The van der Waals surface area contributed by atoms with Crippen molar-refractivity contribution in [1.29, 1.82) is 0 Å². The van der Waals surface area contributed by atoms with Crippen LogP contribution in [-0.4, -0.2) is 81.3 Å². The van der Waals surface area contributed by atoms with Crippen LogP contribution in [0.1, 0.15) is 33.9 Å². The fourth-order valence-corrected chi connectivity index (χ4v) is 6.68. The lowest BCUT2D eigenvalue weighted by Gasteiger charge is -2.28. The summed E-state index contributed by atoms with van der Waals surface area (Å²) in [5.74, 6) is 0.262. The molecule has 4 rings (SSSR count). The van der Waals surface area contributed by atoms with Crippen molar-refractivity contribution in [1.82, 2.24) is 24.6 Å². The van der Waals surface area contributed by atoms with Crippen molar-refractivity contribution in [3.63, 3.8) is 0 Å². The Morgan fingerprint density at radius 2 is 2.00 bits per heavy atom. The Bertz CT molecular complexity index is 1430. The van der Waals surface area contributed by atoms with Crippen LogP contribution in [0.4, 0.5) is 16.2 Å². The van der Waals surface area contributed by atoms with Gasteiger partial charge in [0.05, 0.1) is 19.0 Å². The number of ether oxygens (including phenoxy) is 2. The Labute approximate surface area is 242 Å². The largest absolute Gasteiger partial charge is 0.462 e. The molecule has 4 N–H and O–H groups in total. The van der Waals surface area contributed by atoms with Crippen molar-refractivity contribution in [3.8, 4) is 5.75 Å². The highest BCUT2D eigenvalue weighted by Crippen LogP contribution is 2.48. The molecule has 0 unspecified atom stereocenters. The average molecular weight is 612 g/mol. The van der Waals surface area contributed by atoms with E-state index >= 15 is 4.39 Å². The number of aliphatic hydroxyl groups excluding tert-OH is 1. The molecule has 1 aliphatic rings. The molecule has 0 spiro atoms. The lowest BCUT2D eigenvalue weighted by atomic mass is 9.98. The molecule has 3 heterocycles. The molecule has 0 radical (unpaired) electrons. The standard InChI is InChI=1S/C25H35FN7O6PS/c1-14(2)37-22(35)15(3)31-40(41,39-16-10-8-7-9-11-16)36-12-17-19(34)25(4,26)23(38-17)33-13-28-18-20(32(5)6)29-24(27)30-21(18)33/h7-11,13-15,17,19,23,34H,12H2,1-6H3,(H,31,41)(H2,27,29,30)/t15-,17+,19+,23+,25+,40-/m0/s1. The number of halogens is 1. The third-order valence-corrected chi connectivity index (χ3v) is 8.75. The number of anilines is 2. The van der Waals surface area contributed by atoms with Gasteiger partial charge in [-0.25, -0.2) is 14.5 Å². The molecule has 2 aromatic heterocycles. The first-order valence-electron chi connectivity index (χ1n) is 12.9. The van der Waals surface area contributed by atoms with Crippen LogP contribution in [0.3, 0.4) is 0 Å². The molecule has 0 amide bonds. The average Bonchev–Trinajstić information content (AvgIpc) is 3.40. The Morgan fingerprint density at radius 3 is 2.63 bits per heavy atom. The van der Waals surface area contributed by atoms with Crippen molar-refractivity contribution in [2.24, 2.45) is 0 Å². The second kappa shape index (κ2) is 12.1. The van der Waals surface area contributed by atoms with Crippen LogP contribution in [0.25, 0.3) is 11.2 Å². The maximum atomic E-state index is 16.1. The van der Waals surface area contributed by atoms with Crippen LogP contribution < -0.4 is 20.2 Å². The van der Waals surface area contributed by atoms with Gasteiger partial charge in [0, 0.05) is 14.1 Å². The second-order valence-corrected chi connectivity index (χ2v) is 13.4. The Balaban J connectivity index is 1.57. The lowest BCUT2D eigenvalue weighted by molar-refractivity contribution is -0.149. The number of alkyl halides is 1. The minimum Gasteiger partial charge on any atom is -0.462 e. The zero-order chi connectivity index (χ0) is 30.1. The number of benzene rings is 1. The number of fused-ring (bicyclic) bond motifs is 1. The number of carbonyl (C=O) groups excluding carboxylic acids is 1. The topological polar surface area (TPSA) is 159 Å². The SMILES string of the molecule is CC(C)OC(=O)[C@H](C)N[P@](=S)(OC[C@H]1O[C@@H](n2cnc3c(N(C)C)nc(N)nc32)[C@](C)(F)[C@@H]1O)Oc1ccccc1. The van der Waals surface area contributed by atoms with E-state index in [2.05, 4.69) is 20.0 Å². The fourth-order valence-electron chi connectivity index (χ4n) is 4.26. The quantitative estimate of drug-likeness (QED) is 0.215. The van der Waals surface area contributed by atoms with E-state index in [1.165, 1.54) is 17.8 Å². The Hall–Kier alpha value is -2.94. The molecule has 1 aliphatic heterocycles. The summed E-state index contributed by atoms with van der Waals surface area (Å²) in [7, 11) is 3.53. The predicted octanol–water partition coefficient (Wildman–Crippen LogP) is 2.71. The first-order valence-corrected chi connectivity index (χ1v) is 15.5. The number of hydrogen-bond donors (Lipinski definition) is 3. The first kappa shape index (κ1) is 31.0. The number of rotatable bonds is 11. The van der Waals surface area contributed by atoms with Gasteiger partial charge in [-0.3, -0.25) is 9.36 Å². The summed E-state index contributed by atoms with van der Waals surface area (Å²) in [5, 5.41) is 13.9. The number of nitrogens with two attached hydrogens (primary N) is 1. The molecule has 224 valence electrons. The van der Waals surface area contributed by atoms with Crippen LogP contribution >= 0.6 is 6.64 Å². The Kier molecular flexibility index (Phi) is 9.16. The van der Waals surface area contributed by atoms with E-state index < -0.39 is 42.8 Å². The molecular weight excluding hydrogens is 576 g/mol. The molecule has 1 fully saturated rings. The molecule has 1 saturated heterocycles. The van der Waals surface area contributed by atoms with Crippen molar-refractivity contribution in [2.45, 2.75) is 63.9 Å². The van der Waals surface area contributed by atoms with E-state index in [0.717, 1.165) is 0 Å². The molecule has 1 aromatic carbocycles. The van der Waals surface area contributed by atoms with Crippen LogP contribution in [-0.2, 0) is 30.6 Å². The molecule has 3 aromatic rings. The minimum atomic E-state index is -3.45. The van der Waals surface area contributed by atoms with Crippen molar-refractivity contribution in [2.75, 3.05) is 31.3 Å². The van der Waals surface area contributed by atoms with Gasteiger partial charge in [0.2, 0.25) is 5.95 Å². The number of aliphatic hydroxyl groups is 1. The molecular formula is C25H35FN7O6PS. The maximum absolute atomic E-state index is 16.1. The van der Waals surface area contributed by atoms with Crippen molar-refractivity contribution >= 4 is 47.3 Å². The van der Waals surface area contributed by atoms with Crippen LogP contribution in [0.5, 0.6) is 5.75 Å². The van der Waals surface area contributed by atoms with Gasteiger partial charge >= 0.3 is 12.6 Å². The highest BCUT2D eigenvalue weighted by Gasteiger charge is 2.56. The summed E-state index contributed by atoms with van der Waals surface area (Å²) >= 11 is 5.71. The van der Waals surface area contributed by atoms with Gasteiger partial charge in [0.15, 0.2) is 28.9 Å². The van der Waals surface area contributed by atoms with Gasteiger partial charge in [0.1, 0.15) is 24.0 Å². The third kappa shape index (κ3) is 6.76. The smallest absolute Gasteiger partial charge is 0.323 e. The van der Waals surface area contributed by atoms with E-state index in [-0.39, 0.29) is 24.3 Å². The number of nitrogens with one attached hydrogen (secondary N) is 1. The van der Waals surface area contributed by atoms with Gasteiger partial charge in [-0.05, 0) is 51.6 Å². The third-order valence-electron chi connectivity index (χ3n) is 6.25.